The number of benzene rings is 1. The zero-order valence-corrected chi connectivity index (χ0v) is 17.3. The van der Waals surface area contributed by atoms with Gasteiger partial charge in [0, 0.05) is 31.6 Å². The summed E-state index contributed by atoms with van der Waals surface area (Å²) in [6, 6.07) is 6.64. The number of aromatic nitrogens is 4. The van der Waals surface area contributed by atoms with Crippen LogP contribution in [0.25, 0.3) is 10.9 Å². The van der Waals surface area contributed by atoms with Crippen LogP contribution in [0.1, 0.15) is 36.0 Å². The number of nitrogens with zero attached hydrogens (tertiary/aromatic N) is 6. The van der Waals surface area contributed by atoms with Gasteiger partial charge in [-0.05, 0) is 32.0 Å². The van der Waals surface area contributed by atoms with Gasteiger partial charge in [0.25, 0.3) is 12.0 Å². The van der Waals surface area contributed by atoms with E-state index in [4.69, 9.17) is 4.98 Å². The highest BCUT2D eigenvalue weighted by atomic mass is 19.3. The minimum absolute atomic E-state index is 0.290. The normalized spacial score (nSPS) is 19.4. The lowest BCUT2D eigenvalue weighted by Crippen LogP contribution is -2.36. The van der Waals surface area contributed by atoms with Crippen LogP contribution >= 0.6 is 0 Å². The molecule has 9 heteroatoms. The third-order valence-electron chi connectivity index (χ3n) is 6.20. The molecule has 0 spiro atoms. The van der Waals surface area contributed by atoms with Crippen molar-refractivity contribution in [1.29, 1.82) is 0 Å². The lowest BCUT2D eigenvalue weighted by atomic mass is 10.1. The number of hydrogen-bond acceptors (Lipinski definition) is 6. The Bertz CT molecular complexity index is 1180. The number of anilines is 1. The number of fused-ring (bicyclic) bond motifs is 2. The second-order valence-corrected chi connectivity index (χ2v) is 8.26. The number of para-hydroxylation sites is 1. The molecule has 2 aliphatic heterocycles. The lowest BCUT2D eigenvalue weighted by molar-refractivity contribution is 0.123. The molecule has 1 aromatic carbocycles. The van der Waals surface area contributed by atoms with E-state index in [1.54, 1.807) is 30.6 Å². The second-order valence-electron chi connectivity index (χ2n) is 8.26. The molecule has 1 fully saturated rings. The molecule has 5 rings (SSSR count). The van der Waals surface area contributed by atoms with E-state index in [9.17, 15) is 13.6 Å². The number of alkyl halides is 2. The van der Waals surface area contributed by atoms with Crippen LogP contribution in [-0.4, -0.2) is 51.0 Å². The van der Waals surface area contributed by atoms with Crippen molar-refractivity contribution in [2.24, 2.45) is 0 Å². The van der Waals surface area contributed by atoms with Gasteiger partial charge in [0.1, 0.15) is 18.0 Å². The molecule has 4 heterocycles. The summed E-state index contributed by atoms with van der Waals surface area (Å²) in [5, 5.41) is 0.359. The van der Waals surface area contributed by atoms with E-state index >= 15 is 0 Å². The first kappa shape index (κ1) is 20.0. The van der Waals surface area contributed by atoms with Gasteiger partial charge in [-0.15, -0.1) is 0 Å². The van der Waals surface area contributed by atoms with Gasteiger partial charge in [0.05, 0.1) is 29.2 Å². The number of likely N-dealkylation sites (N-methyl/N-ethyl adjacent to an activating group) is 1. The Labute approximate surface area is 178 Å². The number of rotatable bonds is 4. The summed E-state index contributed by atoms with van der Waals surface area (Å²) in [6.45, 7) is 1.74. The van der Waals surface area contributed by atoms with Crippen molar-refractivity contribution in [3.63, 3.8) is 0 Å². The second kappa shape index (κ2) is 7.96. The fourth-order valence-electron chi connectivity index (χ4n) is 4.75. The molecule has 0 aliphatic carbocycles. The molecule has 2 aromatic heterocycles. The Morgan fingerprint density at radius 3 is 2.87 bits per heavy atom. The first-order valence-corrected chi connectivity index (χ1v) is 10.6. The largest absolute Gasteiger partial charge is 0.346 e. The molecule has 0 amide bonds. The molecule has 1 unspecified atom stereocenters. The standard InChI is InChI=1S/C22H24F2N6O/c1-28-10-8-16-15(11-28)20(26-13-25-16)29-9-4-7-18(29)21-27-17-6-3-2-5-14(17)22(31)30(21)12-19(23)24/h2-3,5-6,13,18-19H,4,7-12H2,1H3. The van der Waals surface area contributed by atoms with Gasteiger partial charge in [-0.2, -0.15) is 0 Å². The highest BCUT2D eigenvalue weighted by molar-refractivity contribution is 5.77. The summed E-state index contributed by atoms with van der Waals surface area (Å²) in [7, 11) is 2.06. The molecule has 7 nitrogen and oxygen atoms in total. The van der Waals surface area contributed by atoms with Gasteiger partial charge >= 0.3 is 0 Å². The topological polar surface area (TPSA) is 67.2 Å². The molecule has 0 N–H and O–H groups in total. The summed E-state index contributed by atoms with van der Waals surface area (Å²) in [5.74, 6) is 1.21. The molecule has 1 saturated heterocycles. The minimum atomic E-state index is -2.64. The first-order valence-electron chi connectivity index (χ1n) is 10.6. The van der Waals surface area contributed by atoms with Gasteiger partial charge < -0.3 is 9.80 Å². The van der Waals surface area contributed by atoms with Gasteiger partial charge in [-0.1, -0.05) is 12.1 Å². The molecule has 162 valence electrons. The average molecular weight is 426 g/mol. The van der Waals surface area contributed by atoms with Crippen LogP contribution in [0, 0.1) is 0 Å². The predicted molar refractivity (Wildman–Crippen MR) is 113 cm³/mol. The van der Waals surface area contributed by atoms with Crippen LogP contribution in [-0.2, 0) is 19.5 Å². The van der Waals surface area contributed by atoms with Crippen LogP contribution in [0.2, 0.25) is 0 Å². The Morgan fingerprint density at radius 1 is 1.19 bits per heavy atom. The predicted octanol–water partition coefficient (Wildman–Crippen LogP) is 2.78. The van der Waals surface area contributed by atoms with Gasteiger partial charge in [0.15, 0.2) is 0 Å². The SMILES string of the molecule is CN1CCc2ncnc(N3CCCC3c3nc4ccccc4c(=O)n3CC(F)F)c2C1. The number of hydrogen-bond donors (Lipinski definition) is 0. The maximum Gasteiger partial charge on any atom is 0.261 e. The summed E-state index contributed by atoms with van der Waals surface area (Å²) in [5.41, 5.74) is 2.22. The molecule has 2 aliphatic rings. The molecule has 3 aromatic rings. The van der Waals surface area contributed by atoms with Crippen molar-refractivity contribution in [2.75, 3.05) is 25.0 Å². The number of halogens is 2. The van der Waals surface area contributed by atoms with Crippen LogP contribution in [0.3, 0.4) is 0 Å². The highest BCUT2D eigenvalue weighted by Gasteiger charge is 2.34. The van der Waals surface area contributed by atoms with Crippen LogP contribution in [0.5, 0.6) is 0 Å². The van der Waals surface area contributed by atoms with Crippen LogP contribution in [0.4, 0.5) is 14.6 Å². The fourth-order valence-corrected chi connectivity index (χ4v) is 4.75. The van der Waals surface area contributed by atoms with Crippen molar-refractivity contribution in [2.45, 2.75) is 44.8 Å². The zero-order valence-electron chi connectivity index (χ0n) is 17.3. The third kappa shape index (κ3) is 3.56. The monoisotopic (exact) mass is 426 g/mol. The third-order valence-corrected chi connectivity index (χ3v) is 6.20. The fraction of sp³-hybridized carbons (Fsp3) is 0.455. The van der Waals surface area contributed by atoms with E-state index in [0.717, 1.165) is 60.5 Å². The zero-order chi connectivity index (χ0) is 21.5. The lowest BCUT2D eigenvalue weighted by Gasteiger charge is -2.32. The maximum absolute atomic E-state index is 13.4. The molecule has 1 atom stereocenters. The summed E-state index contributed by atoms with van der Waals surface area (Å²) in [4.78, 5) is 31.2. The van der Waals surface area contributed by atoms with Crippen molar-refractivity contribution in [3.05, 3.63) is 58.0 Å². The van der Waals surface area contributed by atoms with E-state index in [2.05, 4.69) is 26.8 Å². The molecule has 0 bridgehead atoms. The van der Waals surface area contributed by atoms with E-state index in [1.807, 2.05) is 0 Å². The van der Waals surface area contributed by atoms with Gasteiger partial charge in [-0.25, -0.2) is 23.7 Å². The van der Waals surface area contributed by atoms with E-state index in [-0.39, 0.29) is 6.04 Å². The molecular formula is C22H24F2N6O. The smallest absolute Gasteiger partial charge is 0.261 e. The Balaban J connectivity index is 1.64. The van der Waals surface area contributed by atoms with Gasteiger partial charge in [-0.3, -0.25) is 9.36 Å². The Morgan fingerprint density at radius 2 is 2.03 bits per heavy atom. The van der Waals surface area contributed by atoms with Crippen molar-refractivity contribution >= 4 is 16.7 Å². The average Bonchev–Trinajstić information content (AvgIpc) is 3.24. The molecular weight excluding hydrogens is 402 g/mol. The first-order chi connectivity index (χ1) is 15.0. The summed E-state index contributed by atoms with van der Waals surface area (Å²) < 4.78 is 28.0. The molecule has 31 heavy (non-hydrogen) atoms. The highest BCUT2D eigenvalue weighted by Crippen LogP contribution is 2.37. The quantitative estimate of drug-likeness (QED) is 0.639. The van der Waals surface area contributed by atoms with Gasteiger partial charge in [0.2, 0.25) is 0 Å². The van der Waals surface area contributed by atoms with Crippen molar-refractivity contribution < 1.29 is 8.78 Å². The van der Waals surface area contributed by atoms with Crippen LogP contribution < -0.4 is 10.5 Å². The molecule has 0 radical (unpaired) electrons. The Hall–Kier alpha value is -2.94. The minimum Gasteiger partial charge on any atom is -0.346 e. The Kier molecular flexibility index (Phi) is 5.13. The molecule has 0 saturated carbocycles. The maximum atomic E-state index is 13.4. The summed E-state index contributed by atoms with van der Waals surface area (Å²) >= 11 is 0. The van der Waals surface area contributed by atoms with Crippen LogP contribution in [0.15, 0.2) is 35.4 Å². The van der Waals surface area contributed by atoms with E-state index < -0.39 is 18.5 Å². The van der Waals surface area contributed by atoms with Crippen molar-refractivity contribution in [1.82, 2.24) is 24.4 Å². The van der Waals surface area contributed by atoms with E-state index in [1.165, 1.54) is 0 Å². The summed E-state index contributed by atoms with van der Waals surface area (Å²) in [6.07, 6.45) is 1.38. The van der Waals surface area contributed by atoms with E-state index in [0.29, 0.717) is 16.7 Å². The van der Waals surface area contributed by atoms with Crippen molar-refractivity contribution in [3.8, 4) is 0 Å².